The number of carbonyl (C=O) groups is 2. The molecular formula is C20H26ClN5O2S. The smallest absolute Gasteiger partial charge is 0.251 e. The van der Waals surface area contributed by atoms with Crippen LogP contribution in [0.4, 0.5) is 0 Å². The summed E-state index contributed by atoms with van der Waals surface area (Å²) < 4.78 is 1.79. The second-order valence-electron chi connectivity index (χ2n) is 7.37. The molecule has 0 unspecified atom stereocenters. The van der Waals surface area contributed by atoms with Gasteiger partial charge in [-0.1, -0.05) is 43.1 Å². The molecular weight excluding hydrogens is 410 g/mol. The molecule has 0 saturated heterocycles. The largest absolute Gasteiger partial charge is 0.352 e. The monoisotopic (exact) mass is 435 g/mol. The van der Waals surface area contributed by atoms with Crippen LogP contribution in [0.1, 0.15) is 48.8 Å². The highest BCUT2D eigenvalue weighted by atomic mass is 35.5. The molecule has 0 spiro atoms. The summed E-state index contributed by atoms with van der Waals surface area (Å²) in [7, 11) is 1.83. The van der Waals surface area contributed by atoms with Gasteiger partial charge in [0.25, 0.3) is 5.91 Å². The fourth-order valence-corrected chi connectivity index (χ4v) is 4.26. The van der Waals surface area contributed by atoms with Crippen LogP contribution in [0.15, 0.2) is 29.4 Å². The van der Waals surface area contributed by atoms with Gasteiger partial charge in [0.2, 0.25) is 5.91 Å². The van der Waals surface area contributed by atoms with Gasteiger partial charge in [-0.3, -0.25) is 9.59 Å². The van der Waals surface area contributed by atoms with Gasteiger partial charge in [0.1, 0.15) is 0 Å². The standard InChI is InChI=1S/C20H26ClN5O2S/c1-13-5-3-4-6-16(13)23-18(27)12-29-20-25-24-17(26(20)2)11-22-19(28)14-7-9-15(21)10-8-14/h7-10,13,16H,3-6,11-12H2,1-2H3,(H,22,28)(H,23,27)/t13-,16+/m0/s1. The molecule has 9 heteroatoms. The highest BCUT2D eigenvalue weighted by Gasteiger charge is 2.23. The Hall–Kier alpha value is -2.06. The molecule has 1 fully saturated rings. The van der Waals surface area contributed by atoms with E-state index >= 15 is 0 Å². The van der Waals surface area contributed by atoms with Crippen LogP contribution in [0.25, 0.3) is 0 Å². The van der Waals surface area contributed by atoms with E-state index in [1.807, 2.05) is 7.05 Å². The number of nitrogens with one attached hydrogen (secondary N) is 2. The van der Waals surface area contributed by atoms with Gasteiger partial charge >= 0.3 is 0 Å². The van der Waals surface area contributed by atoms with Crippen LogP contribution in [0.3, 0.4) is 0 Å². The van der Waals surface area contributed by atoms with Crippen LogP contribution in [0.5, 0.6) is 0 Å². The summed E-state index contributed by atoms with van der Waals surface area (Å²) in [6.45, 7) is 2.45. The molecule has 156 valence electrons. The lowest BCUT2D eigenvalue weighted by atomic mass is 9.86. The van der Waals surface area contributed by atoms with E-state index in [0.29, 0.717) is 33.2 Å². The number of rotatable bonds is 7. The van der Waals surface area contributed by atoms with E-state index in [4.69, 9.17) is 11.6 Å². The van der Waals surface area contributed by atoms with Gasteiger partial charge < -0.3 is 15.2 Å². The number of hydrogen-bond donors (Lipinski definition) is 2. The summed E-state index contributed by atoms with van der Waals surface area (Å²) in [4.78, 5) is 24.5. The highest BCUT2D eigenvalue weighted by molar-refractivity contribution is 7.99. The van der Waals surface area contributed by atoms with Crippen molar-refractivity contribution in [3.8, 4) is 0 Å². The van der Waals surface area contributed by atoms with Crippen LogP contribution in [0, 0.1) is 5.92 Å². The quantitative estimate of drug-likeness (QED) is 0.652. The lowest BCUT2D eigenvalue weighted by Crippen LogP contribution is -2.41. The average molecular weight is 436 g/mol. The maximum absolute atomic E-state index is 12.3. The van der Waals surface area contributed by atoms with E-state index in [0.717, 1.165) is 6.42 Å². The normalized spacial score (nSPS) is 19.0. The molecule has 1 aliphatic rings. The fraction of sp³-hybridized carbons (Fsp3) is 0.500. The molecule has 1 aliphatic carbocycles. The first kappa shape index (κ1) is 21.6. The third-order valence-corrected chi connectivity index (χ3v) is 6.50. The van der Waals surface area contributed by atoms with Crippen molar-refractivity contribution in [3.63, 3.8) is 0 Å². The molecule has 1 aromatic carbocycles. The summed E-state index contributed by atoms with van der Waals surface area (Å²) in [6, 6.07) is 6.96. The van der Waals surface area contributed by atoms with Crippen molar-refractivity contribution in [2.75, 3.05) is 5.75 Å². The third kappa shape index (κ3) is 5.96. The Bertz CT molecular complexity index is 855. The number of amides is 2. The van der Waals surface area contributed by atoms with Gasteiger partial charge in [-0.15, -0.1) is 10.2 Å². The molecule has 7 nitrogen and oxygen atoms in total. The molecule has 1 saturated carbocycles. The Morgan fingerprint density at radius 2 is 1.93 bits per heavy atom. The number of benzene rings is 1. The predicted molar refractivity (Wildman–Crippen MR) is 114 cm³/mol. The van der Waals surface area contributed by atoms with Gasteiger partial charge in [-0.25, -0.2) is 0 Å². The van der Waals surface area contributed by atoms with Crippen LogP contribution >= 0.6 is 23.4 Å². The lowest BCUT2D eigenvalue weighted by molar-refractivity contribution is -0.119. The van der Waals surface area contributed by atoms with Gasteiger partial charge in [0, 0.05) is 23.7 Å². The van der Waals surface area contributed by atoms with E-state index in [1.165, 1.54) is 31.0 Å². The molecule has 0 bridgehead atoms. The van der Waals surface area contributed by atoms with Gasteiger partial charge in [0.15, 0.2) is 11.0 Å². The fourth-order valence-electron chi connectivity index (χ4n) is 3.40. The molecule has 0 aliphatic heterocycles. The van der Waals surface area contributed by atoms with Gasteiger partial charge in [0.05, 0.1) is 12.3 Å². The maximum Gasteiger partial charge on any atom is 0.251 e. The van der Waals surface area contributed by atoms with Crippen LogP contribution in [-0.2, 0) is 18.4 Å². The summed E-state index contributed by atoms with van der Waals surface area (Å²) >= 11 is 7.19. The first-order chi connectivity index (χ1) is 13.9. The Morgan fingerprint density at radius 1 is 1.21 bits per heavy atom. The van der Waals surface area contributed by atoms with Gasteiger partial charge in [-0.2, -0.15) is 0 Å². The highest BCUT2D eigenvalue weighted by Crippen LogP contribution is 2.24. The van der Waals surface area contributed by atoms with E-state index < -0.39 is 0 Å². The minimum absolute atomic E-state index is 0.0225. The number of carbonyl (C=O) groups excluding carboxylic acids is 2. The SMILES string of the molecule is C[C@H]1CCCC[C@H]1NC(=O)CSc1nnc(CNC(=O)c2ccc(Cl)cc2)n1C. The minimum atomic E-state index is -0.208. The number of halogens is 1. The van der Waals surface area contributed by atoms with Crippen molar-refractivity contribution in [2.24, 2.45) is 13.0 Å². The van der Waals surface area contributed by atoms with E-state index in [1.54, 1.807) is 28.8 Å². The van der Waals surface area contributed by atoms with Crippen molar-refractivity contribution in [1.29, 1.82) is 0 Å². The number of thioether (sulfide) groups is 1. The second-order valence-corrected chi connectivity index (χ2v) is 8.75. The first-order valence-electron chi connectivity index (χ1n) is 9.78. The van der Waals surface area contributed by atoms with Crippen molar-refractivity contribution in [2.45, 2.75) is 50.4 Å². The number of hydrogen-bond acceptors (Lipinski definition) is 5. The lowest BCUT2D eigenvalue weighted by Gasteiger charge is -2.29. The molecule has 3 rings (SSSR count). The van der Waals surface area contributed by atoms with Crippen molar-refractivity contribution >= 4 is 35.2 Å². The van der Waals surface area contributed by atoms with Crippen LogP contribution in [-0.4, -0.2) is 38.4 Å². The summed E-state index contributed by atoms with van der Waals surface area (Å²) in [5.74, 6) is 1.26. The Kier molecular flexibility index (Phi) is 7.55. The van der Waals surface area contributed by atoms with Crippen molar-refractivity contribution in [1.82, 2.24) is 25.4 Å². The molecule has 1 heterocycles. The molecule has 0 radical (unpaired) electrons. The van der Waals surface area contributed by atoms with Crippen molar-refractivity contribution in [3.05, 3.63) is 40.7 Å². The topological polar surface area (TPSA) is 88.9 Å². The third-order valence-electron chi connectivity index (χ3n) is 5.23. The van der Waals surface area contributed by atoms with E-state index in [-0.39, 0.29) is 24.4 Å². The molecule has 2 N–H and O–H groups in total. The van der Waals surface area contributed by atoms with E-state index in [9.17, 15) is 9.59 Å². The Labute approximate surface area is 180 Å². The maximum atomic E-state index is 12.3. The second kappa shape index (κ2) is 10.1. The van der Waals surface area contributed by atoms with Crippen molar-refractivity contribution < 1.29 is 9.59 Å². The Morgan fingerprint density at radius 3 is 2.66 bits per heavy atom. The molecule has 1 aromatic heterocycles. The van der Waals surface area contributed by atoms with E-state index in [2.05, 4.69) is 27.8 Å². The average Bonchev–Trinajstić information content (AvgIpc) is 3.06. The molecule has 2 amide bonds. The molecule has 2 aromatic rings. The van der Waals surface area contributed by atoms with Gasteiger partial charge in [-0.05, 0) is 43.0 Å². The number of nitrogens with zero attached hydrogens (tertiary/aromatic N) is 3. The zero-order valence-corrected chi connectivity index (χ0v) is 18.2. The van der Waals surface area contributed by atoms with Crippen LogP contribution in [0.2, 0.25) is 5.02 Å². The molecule has 29 heavy (non-hydrogen) atoms. The first-order valence-corrected chi connectivity index (χ1v) is 11.1. The zero-order chi connectivity index (χ0) is 20.8. The summed E-state index contributed by atoms with van der Waals surface area (Å²) in [6.07, 6.45) is 4.65. The summed E-state index contributed by atoms with van der Waals surface area (Å²) in [5, 5.41) is 15.5. The number of aromatic nitrogens is 3. The minimum Gasteiger partial charge on any atom is -0.352 e. The zero-order valence-electron chi connectivity index (χ0n) is 16.7. The molecule has 2 atom stereocenters. The Balaban J connectivity index is 1.48. The summed E-state index contributed by atoms with van der Waals surface area (Å²) in [5.41, 5.74) is 0.528. The van der Waals surface area contributed by atoms with Crippen LogP contribution < -0.4 is 10.6 Å². The predicted octanol–water partition coefficient (Wildman–Crippen LogP) is 3.19.